The van der Waals surface area contributed by atoms with Crippen LogP contribution in [-0.2, 0) is 4.79 Å². The number of nitrogens with zero attached hydrogens (tertiary/aromatic N) is 1. The van der Waals surface area contributed by atoms with E-state index in [1.54, 1.807) is 0 Å². The van der Waals surface area contributed by atoms with Gasteiger partial charge >= 0.3 is 0 Å². The highest BCUT2D eigenvalue weighted by Crippen LogP contribution is 2.27. The molecular formula is C12H24N2O. The molecule has 1 amide bonds. The van der Waals surface area contributed by atoms with Crippen molar-refractivity contribution in [1.29, 1.82) is 0 Å². The molecule has 1 unspecified atom stereocenters. The Morgan fingerprint density at radius 1 is 1.47 bits per heavy atom. The Labute approximate surface area is 93.0 Å². The van der Waals surface area contributed by atoms with E-state index in [0.717, 1.165) is 25.4 Å². The molecule has 0 saturated heterocycles. The molecule has 0 aromatic heterocycles. The number of nitrogens with two attached hydrogens (primary N) is 1. The molecular weight excluding hydrogens is 188 g/mol. The van der Waals surface area contributed by atoms with Crippen LogP contribution in [0.5, 0.6) is 0 Å². The normalized spacial score (nSPS) is 18.3. The molecule has 1 fully saturated rings. The molecule has 0 aromatic rings. The molecule has 15 heavy (non-hydrogen) atoms. The molecule has 1 atom stereocenters. The molecule has 1 saturated carbocycles. The molecule has 0 bridgehead atoms. The predicted octanol–water partition coefficient (Wildman–Crippen LogP) is 1.62. The van der Waals surface area contributed by atoms with Gasteiger partial charge in [0, 0.05) is 19.6 Å². The number of hydrogen-bond donors (Lipinski definition) is 1. The molecule has 1 aliphatic rings. The van der Waals surface area contributed by atoms with Crippen molar-refractivity contribution >= 4 is 5.91 Å². The number of hydrogen-bond acceptors (Lipinski definition) is 2. The van der Waals surface area contributed by atoms with E-state index < -0.39 is 0 Å². The van der Waals surface area contributed by atoms with Gasteiger partial charge in [-0.3, -0.25) is 4.79 Å². The first-order valence-electron chi connectivity index (χ1n) is 6.21. The summed E-state index contributed by atoms with van der Waals surface area (Å²) < 4.78 is 0. The lowest BCUT2D eigenvalue weighted by Crippen LogP contribution is -2.42. The summed E-state index contributed by atoms with van der Waals surface area (Å²) >= 11 is 0. The van der Waals surface area contributed by atoms with Crippen LogP contribution in [0.3, 0.4) is 0 Å². The van der Waals surface area contributed by atoms with Crippen LogP contribution in [0.4, 0.5) is 0 Å². The van der Waals surface area contributed by atoms with Crippen LogP contribution in [-0.4, -0.2) is 30.4 Å². The van der Waals surface area contributed by atoms with Crippen molar-refractivity contribution in [3.05, 3.63) is 0 Å². The van der Waals surface area contributed by atoms with E-state index in [2.05, 4.69) is 6.92 Å². The van der Waals surface area contributed by atoms with Crippen LogP contribution >= 0.6 is 0 Å². The van der Waals surface area contributed by atoms with Crippen molar-refractivity contribution < 1.29 is 4.79 Å². The zero-order valence-electron chi connectivity index (χ0n) is 10.0. The molecule has 0 radical (unpaired) electrons. The molecule has 3 heteroatoms. The summed E-state index contributed by atoms with van der Waals surface area (Å²) in [6.45, 7) is 6.35. The average Bonchev–Trinajstić information content (AvgIpc) is 2.18. The zero-order valence-corrected chi connectivity index (χ0v) is 10.0. The Morgan fingerprint density at radius 3 is 2.47 bits per heavy atom. The molecule has 0 aromatic carbocycles. The van der Waals surface area contributed by atoms with Crippen molar-refractivity contribution in [2.24, 2.45) is 17.6 Å². The fraction of sp³-hybridized carbons (Fsp3) is 0.917. The lowest BCUT2D eigenvalue weighted by molar-refractivity contribution is -0.136. The number of rotatable bonds is 6. The predicted molar refractivity (Wildman–Crippen MR) is 62.4 cm³/mol. The average molecular weight is 212 g/mol. The summed E-state index contributed by atoms with van der Waals surface area (Å²) in [6, 6.07) is 0. The first-order chi connectivity index (χ1) is 7.22. The molecule has 1 rings (SSSR count). The molecule has 1 aliphatic carbocycles. The quantitative estimate of drug-likeness (QED) is 0.727. The van der Waals surface area contributed by atoms with Crippen molar-refractivity contribution in [2.45, 2.75) is 39.5 Å². The van der Waals surface area contributed by atoms with Crippen LogP contribution in [0.15, 0.2) is 0 Å². The van der Waals surface area contributed by atoms with E-state index in [0.29, 0.717) is 6.54 Å². The van der Waals surface area contributed by atoms with Gasteiger partial charge < -0.3 is 10.6 Å². The third kappa shape index (κ3) is 3.20. The SMILES string of the molecule is CCC(CN)C(=O)N(CC)CC1CCC1. The van der Waals surface area contributed by atoms with Gasteiger partial charge in [0.25, 0.3) is 0 Å². The molecule has 0 heterocycles. The van der Waals surface area contributed by atoms with Gasteiger partial charge in [0.15, 0.2) is 0 Å². The summed E-state index contributed by atoms with van der Waals surface area (Å²) in [5.41, 5.74) is 5.61. The van der Waals surface area contributed by atoms with E-state index in [1.165, 1.54) is 19.3 Å². The summed E-state index contributed by atoms with van der Waals surface area (Å²) in [7, 11) is 0. The van der Waals surface area contributed by atoms with Gasteiger partial charge in [-0.2, -0.15) is 0 Å². The van der Waals surface area contributed by atoms with E-state index >= 15 is 0 Å². The van der Waals surface area contributed by atoms with Crippen molar-refractivity contribution in [3.63, 3.8) is 0 Å². The van der Waals surface area contributed by atoms with Crippen molar-refractivity contribution in [3.8, 4) is 0 Å². The molecule has 2 N–H and O–H groups in total. The van der Waals surface area contributed by atoms with E-state index in [9.17, 15) is 4.79 Å². The van der Waals surface area contributed by atoms with Crippen LogP contribution < -0.4 is 5.73 Å². The largest absolute Gasteiger partial charge is 0.342 e. The Kier molecular flexibility index (Phi) is 5.09. The van der Waals surface area contributed by atoms with E-state index in [-0.39, 0.29) is 11.8 Å². The Hall–Kier alpha value is -0.570. The summed E-state index contributed by atoms with van der Waals surface area (Å²) in [6.07, 6.45) is 4.79. The van der Waals surface area contributed by atoms with E-state index in [1.807, 2.05) is 11.8 Å². The fourth-order valence-electron chi connectivity index (χ4n) is 2.06. The van der Waals surface area contributed by atoms with Gasteiger partial charge in [0.1, 0.15) is 0 Å². The smallest absolute Gasteiger partial charge is 0.226 e. The monoisotopic (exact) mass is 212 g/mol. The maximum absolute atomic E-state index is 12.1. The molecule has 88 valence electrons. The topological polar surface area (TPSA) is 46.3 Å². The lowest BCUT2D eigenvalue weighted by Gasteiger charge is -2.33. The Morgan fingerprint density at radius 2 is 2.13 bits per heavy atom. The van der Waals surface area contributed by atoms with Gasteiger partial charge in [0.05, 0.1) is 5.92 Å². The minimum absolute atomic E-state index is 0.0324. The molecule has 0 spiro atoms. The maximum Gasteiger partial charge on any atom is 0.226 e. The summed E-state index contributed by atoms with van der Waals surface area (Å²) in [5, 5.41) is 0. The van der Waals surface area contributed by atoms with Crippen molar-refractivity contribution in [1.82, 2.24) is 4.90 Å². The van der Waals surface area contributed by atoms with Crippen LogP contribution in [0.1, 0.15) is 39.5 Å². The second kappa shape index (κ2) is 6.11. The summed E-state index contributed by atoms with van der Waals surface area (Å²) in [5.74, 6) is 1.05. The van der Waals surface area contributed by atoms with E-state index in [4.69, 9.17) is 5.73 Å². The second-order valence-corrected chi connectivity index (χ2v) is 4.51. The Balaban J connectivity index is 2.44. The van der Waals surface area contributed by atoms with Gasteiger partial charge in [0.2, 0.25) is 5.91 Å². The third-order valence-corrected chi connectivity index (χ3v) is 3.52. The highest BCUT2D eigenvalue weighted by atomic mass is 16.2. The standard InChI is InChI=1S/C12H24N2O/c1-3-11(8-13)12(15)14(4-2)9-10-6-5-7-10/h10-11H,3-9,13H2,1-2H3. The van der Waals surface area contributed by atoms with Gasteiger partial charge in [-0.05, 0) is 32.1 Å². The maximum atomic E-state index is 12.1. The highest BCUT2D eigenvalue weighted by molar-refractivity contribution is 5.79. The van der Waals surface area contributed by atoms with Crippen LogP contribution in [0.25, 0.3) is 0 Å². The third-order valence-electron chi connectivity index (χ3n) is 3.52. The highest BCUT2D eigenvalue weighted by Gasteiger charge is 2.25. The first kappa shape index (κ1) is 12.5. The van der Waals surface area contributed by atoms with Crippen LogP contribution in [0, 0.1) is 11.8 Å². The van der Waals surface area contributed by atoms with Gasteiger partial charge in [-0.1, -0.05) is 13.3 Å². The minimum atomic E-state index is 0.0324. The minimum Gasteiger partial charge on any atom is -0.342 e. The van der Waals surface area contributed by atoms with Crippen molar-refractivity contribution in [2.75, 3.05) is 19.6 Å². The fourth-order valence-corrected chi connectivity index (χ4v) is 2.06. The number of carbonyl (C=O) groups excluding carboxylic acids is 1. The zero-order chi connectivity index (χ0) is 11.3. The number of amides is 1. The van der Waals surface area contributed by atoms with Gasteiger partial charge in [-0.25, -0.2) is 0 Å². The lowest BCUT2D eigenvalue weighted by atomic mass is 9.85. The Bertz CT molecular complexity index is 198. The molecule has 3 nitrogen and oxygen atoms in total. The first-order valence-corrected chi connectivity index (χ1v) is 6.21. The van der Waals surface area contributed by atoms with Gasteiger partial charge in [-0.15, -0.1) is 0 Å². The summed E-state index contributed by atoms with van der Waals surface area (Å²) in [4.78, 5) is 14.0. The number of carbonyl (C=O) groups is 1. The second-order valence-electron chi connectivity index (χ2n) is 4.51. The molecule has 0 aliphatic heterocycles. The van der Waals surface area contributed by atoms with Crippen LogP contribution in [0.2, 0.25) is 0 Å².